The Hall–Kier alpha value is -0.610. The Balaban J connectivity index is 0. The Morgan fingerprint density at radius 3 is 2.43 bits per heavy atom. The van der Waals surface area contributed by atoms with Crippen LogP contribution < -0.4 is 10.6 Å². The third kappa shape index (κ3) is 14.1. The van der Waals surface area contributed by atoms with Crippen LogP contribution in [0.5, 0.6) is 0 Å². The highest BCUT2D eigenvalue weighted by Gasteiger charge is 2.02. The molecule has 0 aliphatic heterocycles. The number of hydrogen-bond donors (Lipinski definition) is 2. The van der Waals surface area contributed by atoms with E-state index in [1.54, 1.807) is 14.2 Å². The highest BCUT2D eigenvalue weighted by molar-refractivity contribution is 14.0. The summed E-state index contributed by atoms with van der Waals surface area (Å²) < 4.78 is 9.58. The molecule has 2 N–H and O–H groups in total. The topological polar surface area (TPSA) is 75.2 Å². The molecule has 0 aromatic carbocycles. The fraction of sp³-hybridized carbons (Fsp3) is 0.846. The second-order valence-corrected chi connectivity index (χ2v) is 4.40. The number of rotatable bonds is 10. The lowest BCUT2D eigenvalue weighted by Gasteiger charge is -2.18. The fourth-order valence-corrected chi connectivity index (χ4v) is 1.56. The lowest BCUT2D eigenvalue weighted by Crippen LogP contribution is -2.41. The van der Waals surface area contributed by atoms with Crippen molar-refractivity contribution in [3.63, 3.8) is 0 Å². The van der Waals surface area contributed by atoms with Crippen molar-refractivity contribution in [3.05, 3.63) is 0 Å². The molecule has 7 nitrogen and oxygen atoms in total. The van der Waals surface area contributed by atoms with Crippen LogP contribution in [0.15, 0.2) is 4.99 Å². The normalized spacial score (nSPS) is 11.0. The quantitative estimate of drug-likeness (QED) is 0.176. The Labute approximate surface area is 144 Å². The molecule has 126 valence electrons. The molecule has 0 rings (SSSR count). The third-order valence-electron chi connectivity index (χ3n) is 2.75. The van der Waals surface area contributed by atoms with E-state index in [2.05, 4.69) is 32.3 Å². The molecule has 8 heteroatoms. The summed E-state index contributed by atoms with van der Waals surface area (Å²) in [5, 5.41) is 6.26. The molecule has 21 heavy (non-hydrogen) atoms. The van der Waals surface area contributed by atoms with E-state index >= 15 is 0 Å². The van der Waals surface area contributed by atoms with Gasteiger partial charge in [-0.2, -0.15) is 0 Å². The lowest BCUT2D eigenvalue weighted by molar-refractivity contribution is -0.140. The van der Waals surface area contributed by atoms with E-state index < -0.39 is 0 Å². The zero-order valence-corrected chi connectivity index (χ0v) is 15.8. The number of methoxy groups -OCH3 is 2. The van der Waals surface area contributed by atoms with Crippen molar-refractivity contribution in [1.82, 2.24) is 15.5 Å². The number of guanidine groups is 1. The number of ether oxygens (including phenoxy) is 2. The fourth-order valence-electron chi connectivity index (χ4n) is 1.56. The number of nitrogens with one attached hydrogen (secondary N) is 2. The van der Waals surface area contributed by atoms with Crippen LogP contribution in [-0.2, 0) is 14.3 Å². The van der Waals surface area contributed by atoms with Gasteiger partial charge in [0.1, 0.15) is 0 Å². The number of aliphatic imine (C=N–C) groups is 1. The number of esters is 1. The minimum Gasteiger partial charge on any atom is -0.469 e. The van der Waals surface area contributed by atoms with Crippen molar-refractivity contribution in [3.8, 4) is 0 Å². The average Bonchev–Trinajstić information content (AvgIpc) is 2.45. The largest absolute Gasteiger partial charge is 0.469 e. The summed E-state index contributed by atoms with van der Waals surface area (Å²) in [6.07, 6.45) is 1.35. The minimum atomic E-state index is -0.231. The zero-order chi connectivity index (χ0) is 15.2. The van der Waals surface area contributed by atoms with Crippen molar-refractivity contribution in [2.24, 2.45) is 4.99 Å². The first-order valence-electron chi connectivity index (χ1n) is 6.82. The Morgan fingerprint density at radius 1 is 1.19 bits per heavy atom. The highest BCUT2D eigenvalue weighted by Crippen LogP contribution is 1.87. The van der Waals surface area contributed by atoms with Gasteiger partial charge in [0.15, 0.2) is 5.96 Å². The number of nitrogens with zero attached hydrogens (tertiary/aromatic N) is 2. The smallest absolute Gasteiger partial charge is 0.307 e. The monoisotopic (exact) mass is 416 g/mol. The van der Waals surface area contributed by atoms with Crippen LogP contribution >= 0.6 is 24.0 Å². The average molecular weight is 416 g/mol. The summed E-state index contributed by atoms with van der Waals surface area (Å²) in [5.74, 6) is 0.463. The lowest BCUT2D eigenvalue weighted by atomic mass is 10.4. The van der Waals surface area contributed by atoms with Crippen LogP contribution in [-0.4, -0.2) is 77.9 Å². The molecular weight excluding hydrogens is 387 g/mol. The third-order valence-corrected chi connectivity index (χ3v) is 2.75. The predicted octanol–water partition coefficient (Wildman–Crippen LogP) is 0.301. The van der Waals surface area contributed by atoms with E-state index in [-0.39, 0.29) is 29.9 Å². The summed E-state index contributed by atoms with van der Waals surface area (Å²) in [6, 6.07) is 0. The number of carbonyl (C=O) groups excluding carboxylic acids is 1. The van der Waals surface area contributed by atoms with Gasteiger partial charge in [-0.05, 0) is 13.5 Å². The van der Waals surface area contributed by atoms with Crippen LogP contribution in [0.3, 0.4) is 0 Å². The molecule has 0 radical (unpaired) electrons. The molecule has 0 atom stereocenters. The first-order valence-corrected chi connectivity index (χ1v) is 6.82. The molecule has 0 aliphatic rings. The second kappa shape index (κ2) is 15.8. The van der Waals surface area contributed by atoms with Crippen molar-refractivity contribution >= 4 is 35.9 Å². The van der Waals surface area contributed by atoms with Gasteiger partial charge in [0.2, 0.25) is 0 Å². The van der Waals surface area contributed by atoms with Crippen LogP contribution in [0.25, 0.3) is 0 Å². The van der Waals surface area contributed by atoms with Gasteiger partial charge in [0.05, 0.1) is 13.5 Å². The van der Waals surface area contributed by atoms with E-state index in [1.807, 2.05) is 0 Å². The van der Waals surface area contributed by atoms with E-state index in [0.717, 1.165) is 32.7 Å². The summed E-state index contributed by atoms with van der Waals surface area (Å²) in [7, 11) is 6.88. The van der Waals surface area contributed by atoms with Gasteiger partial charge in [0, 0.05) is 46.9 Å². The molecule has 0 saturated heterocycles. The molecule has 0 unspecified atom stereocenters. The second-order valence-electron chi connectivity index (χ2n) is 4.40. The van der Waals surface area contributed by atoms with Gasteiger partial charge in [0.25, 0.3) is 0 Å². The standard InChI is InChI=1S/C13H28N4O3.HI/c1-14-13(15-7-6-12(18)20-4)16-8-10-17(2)9-5-11-19-3;/h5-11H2,1-4H3,(H2,14,15,16);1H. The van der Waals surface area contributed by atoms with Gasteiger partial charge < -0.3 is 25.0 Å². The Bertz CT molecular complexity index is 291. The maximum absolute atomic E-state index is 11.0. The SMILES string of the molecule is CN=C(NCCC(=O)OC)NCCN(C)CCCOC.I. The zero-order valence-electron chi connectivity index (χ0n) is 13.5. The first-order chi connectivity index (χ1) is 9.63. The maximum Gasteiger partial charge on any atom is 0.307 e. The van der Waals surface area contributed by atoms with Crippen molar-refractivity contribution < 1.29 is 14.3 Å². The van der Waals surface area contributed by atoms with Gasteiger partial charge >= 0.3 is 5.97 Å². The summed E-state index contributed by atoms with van der Waals surface area (Å²) in [5.41, 5.74) is 0. The van der Waals surface area contributed by atoms with E-state index in [1.165, 1.54) is 7.11 Å². The van der Waals surface area contributed by atoms with Gasteiger partial charge in [-0.15, -0.1) is 24.0 Å². The van der Waals surface area contributed by atoms with Crippen molar-refractivity contribution in [2.45, 2.75) is 12.8 Å². The van der Waals surface area contributed by atoms with Gasteiger partial charge in [-0.1, -0.05) is 0 Å². The molecule has 0 amide bonds. The van der Waals surface area contributed by atoms with E-state index in [0.29, 0.717) is 18.9 Å². The summed E-state index contributed by atoms with van der Waals surface area (Å²) >= 11 is 0. The highest BCUT2D eigenvalue weighted by atomic mass is 127. The summed E-state index contributed by atoms with van der Waals surface area (Å²) in [4.78, 5) is 17.3. The van der Waals surface area contributed by atoms with Crippen molar-refractivity contribution in [2.75, 3.05) is 61.1 Å². The number of halogens is 1. The van der Waals surface area contributed by atoms with Gasteiger partial charge in [-0.25, -0.2) is 0 Å². The van der Waals surface area contributed by atoms with E-state index in [4.69, 9.17) is 4.74 Å². The molecule has 0 bridgehead atoms. The minimum absolute atomic E-state index is 0. The Morgan fingerprint density at radius 2 is 1.86 bits per heavy atom. The summed E-state index contributed by atoms with van der Waals surface area (Å²) in [6.45, 7) is 4.01. The van der Waals surface area contributed by atoms with Crippen LogP contribution in [0.4, 0.5) is 0 Å². The van der Waals surface area contributed by atoms with Crippen LogP contribution in [0, 0.1) is 0 Å². The predicted molar refractivity (Wildman–Crippen MR) is 95.4 cm³/mol. The molecule has 0 aromatic heterocycles. The number of hydrogen-bond acceptors (Lipinski definition) is 5. The first kappa shape index (κ1) is 22.7. The molecule has 0 fully saturated rings. The molecule has 0 aliphatic carbocycles. The maximum atomic E-state index is 11.0. The number of carbonyl (C=O) groups is 1. The van der Waals surface area contributed by atoms with E-state index in [9.17, 15) is 4.79 Å². The van der Waals surface area contributed by atoms with Gasteiger partial charge in [-0.3, -0.25) is 9.79 Å². The molecule has 0 aromatic rings. The van der Waals surface area contributed by atoms with Crippen molar-refractivity contribution in [1.29, 1.82) is 0 Å². The van der Waals surface area contributed by atoms with Crippen LogP contribution in [0.1, 0.15) is 12.8 Å². The number of likely N-dealkylation sites (N-methyl/N-ethyl adjacent to an activating group) is 1. The molecule has 0 saturated carbocycles. The molecular formula is C13H29IN4O3. The Kier molecular flexibility index (Phi) is 17.0. The van der Waals surface area contributed by atoms with Crippen LogP contribution in [0.2, 0.25) is 0 Å². The molecule has 0 heterocycles. The molecule has 0 spiro atoms.